The van der Waals surface area contributed by atoms with Crippen molar-refractivity contribution in [1.82, 2.24) is 0 Å². The van der Waals surface area contributed by atoms with Gasteiger partial charge in [0, 0.05) is 5.57 Å². The molecule has 2 atom stereocenters. The van der Waals surface area contributed by atoms with E-state index in [4.69, 9.17) is 4.43 Å². The molecule has 2 nitrogen and oxygen atoms in total. The summed E-state index contributed by atoms with van der Waals surface area (Å²) in [5.74, 6) is 1.67. The van der Waals surface area contributed by atoms with Crippen molar-refractivity contribution in [3.63, 3.8) is 0 Å². The van der Waals surface area contributed by atoms with Crippen LogP contribution < -0.4 is 0 Å². The van der Waals surface area contributed by atoms with Crippen LogP contribution in [-0.2, 0) is 9.22 Å². The van der Waals surface area contributed by atoms with Crippen molar-refractivity contribution in [3.8, 4) is 0 Å². The summed E-state index contributed by atoms with van der Waals surface area (Å²) >= 11 is 0. The molecule has 0 bridgehead atoms. The average Bonchev–Trinajstić information content (AvgIpc) is 2.57. The zero-order valence-electron chi connectivity index (χ0n) is 21.8. The van der Waals surface area contributed by atoms with Crippen molar-refractivity contribution in [2.24, 2.45) is 17.8 Å². The molecule has 0 radical (unpaired) electrons. The van der Waals surface area contributed by atoms with Crippen LogP contribution in [0.3, 0.4) is 0 Å². The number of hydrogen-bond donors (Lipinski definition) is 0. The lowest BCUT2D eigenvalue weighted by Gasteiger charge is -2.38. The predicted molar refractivity (Wildman–Crippen MR) is 136 cm³/mol. The molecule has 0 aliphatic heterocycles. The van der Waals surface area contributed by atoms with E-state index in [1.165, 1.54) is 12.8 Å². The van der Waals surface area contributed by atoms with E-state index >= 15 is 0 Å². The highest BCUT2D eigenvalue weighted by Gasteiger charge is 2.41. The van der Waals surface area contributed by atoms with Gasteiger partial charge >= 0.3 is 5.97 Å². The molecule has 0 aliphatic carbocycles. The summed E-state index contributed by atoms with van der Waals surface area (Å²) in [4.78, 5) is 13.4. The predicted octanol–water partition coefficient (Wildman–Crippen LogP) is 8.61. The second kappa shape index (κ2) is 12.5. The van der Waals surface area contributed by atoms with Gasteiger partial charge in [0.2, 0.25) is 0 Å². The van der Waals surface area contributed by atoms with Crippen LogP contribution in [0.2, 0.25) is 35.8 Å². The third-order valence-corrected chi connectivity index (χ3v) is 18.3. The Morgan fingerprint density at radius 3 is 1.41 bits per heavy atom. The molecule has 2 unspecified atom stereocenters. The third-order valence-electron chi connectivity index (χ3n) is 6.85. The van der Waals surface area contributed by atoms with E-state index < -0.39 is 16.4 Å². The van der Waals surface area contributed by atoms with Crippen LogP contribution in [0.15, 0.2) is 11.3 Å². The molecular weight excluding hydrogens is 388 g/mol. The maximum atomic E-state index is 13.4. The maximum Gasteiger partial charge on any atom is 0.319 e. The summed E-state index contributed by atoms with van der Waals surface area (Å²) < 4.78 is 6.56. The van der Waals surface area contributed by atoms with Gasteiger partial charge in [-0.05, 0) is 53.9 Å². The highest BCUT2D eigenvalue weighted by molar-refractivity contribution is 6.86. The fraction of sp³-hybridized carbons (Fsp3) is 0.880. The van der Waals surface area contributed by atoms with Crippen LogP contribution in [-0.4, -0.2) is 22.4 Å². The van der Waals surface area contributed by atoms with Gasteiger partial charge in [-0.15, -0.1) is 0 Å². The zero-order chi connectivity index (χ0) is 23.0. The van der Waals surface area contributed by atoms with Crippen LogP contribution >= 0.6 is 0 Å². The Morgan fingerprint density at radius 1 is 0.793 bits per heavy atom. The molecule has 0 N–H and O–H groups in total. The molecule has 0 heterocycles. The van der Waals surface area contributed by atoms with E-state index in [0.717, 1.165) is 23.7 Å². The average molecular weight is 441 g/mol. The molecule has 0 fully saturated rings. The van der Waals surface area contributed by atoms with Crippen LogP contribution in [0.5, 0.6) is 0 Å². The summed E-state index contributed by atoms with van der Waals surface area (Å²) in [6, 6.07) is 3.23. The normalized spacial score (nSPS) is 17.6. The first-order valence-electron chi connectivity index (χ1n) is 12.2. The molecule has 172 valence electrons. The number of hydrogen-bond acceptors (Lipinski definition) is 2. The van der Waals surface area contributed by atoms with E-state index in [1.807, 2.05) is 6.92 Å². The minimum atomic E-state index is -2.13. The molecule has 29 heavy (non-hydrogen) atoms. The van der Waals surface area contributed by atoms with Crippen LogP contribution in [0.4, 0.5) is 0 Å². The van der Waals surface area contributed by atoms with Gasteiger partial charge in [-0.25, -0.2) is 4.79 Å². The highest BCUT2D eigenvalue weighted by Crippen LogP contribution is 2.39. The van der Waals surface area contributed by atoms with Gasteiger partial charge in [0.15, 0.2) is 0 Å². The quantitative estimate of drug-likeness (QED) is 0.211. The highest BCUT2D eigenvalue weighted by atomic mass is 28.4. The van der Waals surface area contributed by atoms with Crippen LogP contribution in [0.1, 0.15) is 89.0 Å². The van der Waals surface area contributed by atoms with Gasteiger partial charge in [-0.2, -0.15) is 0 Å². The molecule has 0 saturated heterocycles. The molecule has 0 amide bonds. The van der Waals surface area contributed by atoms with Crippen LogP contribution in [0.25, 0.3) is 0 Å². The topological polar surface area (TPSA) is 26.3 Å². The van der Waals surface area contributed by atoms with Gasteiger partial charge in [0.25, 0.3) is 8.32 Å². The second-order valence-corrected chi connectivity index (χ2v) is 20.0. The second-order valence-electron chi connectivity index (χ2n) is 11.2. The lowest BCUT2D eigenvalue weighted by Crippen LogP contribution is -2.44. The minimum absolute atomic E-state index is 0.0241. The van der Waals surface area contributed by atoms with Crippen molar-refractivity contribution in [3.05, 3.63) is 11.3 Å². The van der Waals surface area contributed by atoms with Crippen molar-refractivity contribution in [1.29, 1.82) is 0 Å². The van der Waals surface area contributed by atoms with E-state index in [0.29, 0.717) is 28.8 Å². The molecule has 0 saturated carbocycles. The maximum absolute atomic E-state index is 13.4. The summed E-state index contributed by atoms with van der Waals surface area (Å²) in [7, 11) is -3.83. The molecule has 0 aromatic carbocycles. The van der Waals surface area contributed by atoms with Crippen molar-refractivity contribution >= 4 is 22.4 Å². The molecular formula is C25H52O2Si2. The zero-order valence-corrected chi connectivity index (χ0v) is 23.8. The Labute approximate surface area is 185 Å². The summed E-state index contributed by atoms with van der Waals surface area (Å²) in [6.07, 6.45) is 2.36. The van der Waals surface area contributed by atoms with Crippen LogP contribution in [0, 0.1) is 17.8 Å². The largest absolute Gasteiger partial charge is 0.516 e. The van der Waals surface area contributed by atoms with Gasteiger partial charge < -0.3 is 4.43 Å². The Bertz CT molecular complexity index is 486. The molecule has 0 spiro atoms. The van der Waals surface area contributed by atoms with Gasteiger partial charge in [-0.1, -0.05) is 94.3 Å². The lowest BCUT2D eigenvalue weighted by atomic mass is 10.2. The fourth-order valence-electron chi connectivity index (χ4n) is 5.06. The van der Waals surface area contributed by atoms with Gasteiger partial charge in [0.05, 0.1) is 8.07 Å². The Morgan fingerprint density at radius 2 is 1.14 bits per heavy atom. The fourth-order valence-corrected chi connectivity index (χ4v) is 15.2. The van der Waals surface area contributed by atoms with E-state index in [1.54, 1.807) is 0 Å². The number of rotatable bonds is 13. The number of carbonyl (C=O) groups is 1. The Balaban J connectivity index is 5.94. The first kappa shape index (κ1) is 28.6. The smallest absolute Gasteiger partial charge is 0.319 e. The molecule has 0 rings (SSSR count). The Hall–Kier alpha value is -0.356. The van der Waals surface area contributed by atoms with Crippen molar-refractivity contribution < 1.29 is 9.22 Å². The van der Waals surface area contributed by atoms with Gasteiger partial charge in [0.1, 0.15) is 0 Å². The first-order chi connectivity index (χ1) is 13.2. The monoisotopic (exact) mass is 440 g/mol. The first-order valence-corrected chi connectivity index (χ1v) is 17.4. The van der Waals surface area contributed by atoms with E-state index in [9.17, 15) is 4.79 Å². The van der Waals surface area contributed by atoms with E-state index in [-0.39, 0.29) is 5.97 Å². The summed E-state index contributed by atoms with van der Waals surface area (Å²) in [5, 5.41) is 0. The summed E-state index contributed by atoms with van der Waals surface area (Å²) in [5.41, 5.74) is 4.60. The molecule has 0 aromatic heterocycles. The van der Waals surface area contributed by atoms with Crippen molar-refractivity contribution in [2.75, 3.05) is 0 Å². The lowest BCUT2D eigenvalue weighted by molar-refractivity contribution is -0.131. The summed E-state index contributed by atoms with van der Waals surface area (Å²) in [6.45, 7) is 27.4. The van der Waals surface area contributed by atoms with Gasteiger partial charge in [-0.3, -0.25) is 0 Å². The molecule has 0 aromatic rings. The third kappa shape index (κ3) is 9.12. The SMILES string of the molecule is CCC(C)[Si](C)(C=C(C)C(=O)O[Si](CC(C)C)(CC(C)C)CC(C)C)C(C)CC. The number of carbonyl (C=O) groups excluding carboxylic acids is 1. The standard InChI is InChI=1S/C25H52O2Si2/c1-13-23(10)28(12,24(11)14-2)18-22(9)25(26)27-29(15-19(3)4,16-20(5)6)17-21(7)8/h18-21,23-24H,13-17H2,1-12H3. The van der Waals surface area contributed by atoms with Crippen molar-refractivity contribution in [2.45, 2.75) is 125 Å². The molecule has 4 heteroatoms. The van der Waals surface area contributed by atoms with E-state index in [2.05, 4.69) is 81.5 Å². The Kier molecular flexibility index (Phi) is 12.3. The molecule has 0 aliphatic rings. The minimum Gasteiger partial charge on any atom is -0.516 e.